The molecule has 0 atom stereocenters. The number of nitrogens with one attached hydrogen (secondary N) is 2. The highest BCUT2D eigenvalue weighted by atomic mass is 35.5. The second kappa shape index (κ2) is 6.41. The molecule has 0 aromatic heterocycles. The van der Waals surface area contributed by atoms with Gasteiger partial charge < -0.3 is 0 Å². The van der Waals surface area contributed by atoms with Gasteiger partial charge in [0, 0.05) is 21.2 Å². The minimum atomic E-state index is -0.427. The first kappa shape index (κ1) is 14.4. The Morgan fingerprint density at radius 1 is 0.650 bits per heavy atom. The van der Waals surface area contributed by atoms with Gasteiger partial charge in [0.05, 0.1) is 0 Å². The van der Waals surface area contributed by atoms with E-state index in [0.29, 0.717) is 21.2 Å². The molecular formula is C14H10Cl2N2O2. The summed E-state index contributed by atoms with van der Waals surface area (Å²) in [5.41, 5.74) is 5.42. The summed E-state index contributed by atoms with van der Waals surface area (Å²) in [6.45, 7) is 0. The molecule has 2 N–H and O–H groups in total. The average Bonchev–Trinajstić information content (AvgIpc) is 2.46. The number of carbonyl (C=O) groups is 2. The Morgan fingerprint density at radius 3 is 1.25 bits per heavy atom. The van der Waals surface area contributed by atoms with E-state index in [1.807, 2.05) is 0 Å². The van der Waals surface area contributed by atoms with Crippen molar-refractivity contribution in [1.82, 2.24) is 10.9 Å². The fourth-order valence-corrected chi connectivity index (χ4v) is 1.71. The Kier molecular flexibility index (Phi) is 4.61. The van der Waals surface area contributed by atoms with Gasteiger partial charge in [-0.05, 0) is 48.5 Å². The molecule has 0 saturated carbocycles. The average molecular weight is 309 g/mol. The van der Waals surface area contributed by atoms with Crippen molar-refractivity contribution in [3.05, 3.63) is 69.7 Å². The summed E-state index contributed by atoms with van der Waals surface area (Å²) >= 11 is 11.4. The van der Waals surface area contributed by atoms with Gasteiger partial charge in [-0.25, -0.2) is 0 Å². The summed E-state index contributed by atoms with van der Waals surface area (Å²) in [5, 5.41) is 1.07. The number of benzene rings is 2. The van der Waals surface area contributed by atoms with E-state index >= 15 is 0 Å². The van der Waals surface area contributed by atoms with Crippen LogP contribution < -0.4 is 10.9 Å². The quantitative estimate of drug-likeness (QED) is 0.838. The molecule has 0 unspecified atom stereocenters. The van der Waals surface area contributed by atoms with Crippen molar-refractivity contribution in [2.24, 2.45) is 0 Å². The molecule has 4 nitrogen and oxygen atoms in total. The lowest BCUT2D eigenvalue weighted by Crippen LogP contribution is -2.41. The predicted molar refractivity (Wildman–Crippen MR) is 77.8 cm³/mol. The van der Waals surface area contributed by atoms with Crippen LogP contribution in [0.3, 0.4) is 0 Å². The SMILES string of the molecule is O=C(NNC(=O)c1ccc(Cl)cc1)c1ccc(Cl)cc1. The van der Waals surface area contributed by atoms with E-state index in [-0.39, 0.29) is 0 Å². The minimum Gasteiger partial charge on any atom is -0.267 e. The highest BCUT2D eigenvalue weighted by molar-refractivity contribution is 6.31. The lowest BCUT2D eigenvalue weighted by Gasteiger charge is -2.07. The zero-order valence-corrected chi connectivity index (χ0v) is 11.7. The Morgan fingerprint density at radius 2 is 0.950 bits per heavy atom. The maximum atomic E-state index is 11.8. The second-order valence-corrected chi connectivity index (χ2v) is 4.79. The topological polar surface area (TPSA) is 58.2 Å². The van der Waals surface area contributed by atoms with Crippen LogP contribution in [0.2, 0.25) is 10.0 Å². The van der Waals surface area contributed by atoms with Gasteiger partial charge in [-0.1, -0.05) is 23.2 Å². The van der Waals surface area contributed by atoms with Gasteiger partial charge in [0.15, 0.2) is 0 Å². The molecular weight excluding hydrogens is 299 g/mol. The fraction of sp³-hybridized carbons (Fsp3) is 0. The first-order valence-electron chi connectivity index (χ1n) is 5.68. The molecule has 0 fully saturated rings. The van der Waals surface area contributed by atoms with E-state index in [2.05, 4.69) is 10.9 Å². The van der Waals surface area contributed by atoms with Crippen molar-refractivity contribution in [2.75, 3.05) is 0 Å². The predicted octanol–water partition coefficient (Wildman–Crippen LogP) is 3.07. The summed E-state index contributed by atoms with van der Waals surface area (Å²) in [4.78, 5) is 23.5. The number of hydrogen-bond donors (Lipinski definition) is 2. The maximum Gasteiger partial charge on any atom is 0.269 e. The van der Waals surface area contributed by atoms with Gasteiger partial charge >= 0.3 is 0 Å². The minimum absolute atomic E-state index is 0.394. The molecule has 2 aromatic rings. The highest BCUT2D eigenvalue weighted by Gasteiger charge is 2.08. The summed E-state index contributed by atoms with van der Waals surface area (Å²) in [7, 11) is 0. The zero-order valence-electron chi connectivity index (χ0n) is 10.2. The lowest BCUT2D eigenvalue weighted by atomic mass is 10.2. The molecule has 6 heteroatoms. The molecule has 0 aliphatic rings. The van der Waals surface area contributed by atoms with Crippen molar-refractivity contribution in [2.45, 2.75) is 0 Å². The van der Waals surface area contributed by atoms with E-state index < -0.39 is 11.8 Å². The number of hydrazine groups is 1. The van der Waals surface area contributed by atoms with Crippen molar-refractivity contribution in [3.63, 3.8) is 0 Å². The summed E-state index contributed by atoms with van der Waals surface area (Å²) in [5.74, 6) is -0.854. The summed E-state index contributed by atoms with van der Waals surface area (Å²) in [6, 6.07) is 12.6. The highest BCUT2D eigenvalue weighted by Crippen LogP contribution is 2.10. The first-order chi connectivity index (χ1) is 9.56. The Hall–Kier alpha value is -2.04. The third kappa shape index (κ3) is 3.73. The van der Waals surface area contributed by atoms with Crippen LogP contribution in [0, 0.1) is 0 Å². The Labute approximate surface area is 125 Å². The largest absolute Gasteiger partial charge is 0.269 e. The van der Waals surface area contributed by atoms with Crippen LogP contribution in [0.5, 0.6) is 0 Å². The molecule has 0 saturated heterocycles. The molecule has 2 amide bonds. The van der Waals surface area contributed by atoms with E-state index in [9.17, 15) is 9.59 Å². The van der Waals surface area contributed by atoms with Crippen molar-refractivity contribution < 1.29 is 9.59 Å². The number of carbonyl (C=O) groups excluding carboxylic acids is 2. The molecule has 0 aliphatic heterocycles. The van der Waals surface area contributed by atoms with E-state index in [4.69, 9.17) is 23.2 Å². The second-order valence-electron chi connectivity index (χ2n) is 3.92. The Balaban J connectivity index is 1.94. The molecule has 0 bridgehead atoms. The standard InChI is InChI=1S/C14H10Cl2N2O2/c15-11-5-1-9(2-6-11)13(19)17-18-14(20)10-3-7-12(16)8-4-10/h1-8H,(H,17,19)(H,18,20). The number of hydrogen-bond acceptors (Lipinski definition) is 2. The van der Waals surface area contributed by atoms with Gasteiger partial charge in [-0.3, -0.25) is 20.4 Å². The number of rotatable bonds is 2. The van der Waals surface area contributed by atoms with Crippen molar-refractivity contribution in [3.8, 4) is 0 Å². The lowest BCUT2D eigenvalue weighted by molar-refractivity contribution is 0.0846. The summed E-state index contributed by atoms with van der Waals surface area (Å²) in [6.07, 6.45) is 0. The Bertz CT molecular complexity index is 567. The maximum absolute atomic E-state index is 11.8. The third-order valence-corrected chi connectivity index (χ3v) is 3.01. The van der Waals surface area contributed by atoms with Crippen LogP contribution in [0.4, 0.5) is 0 Å². The van der Waals surface area contributed by atoms with E-state index in [1.54, 1.807) is 48.5 Å². The van der Waals surface area contributed by atoms with E-state index in [1.165, 1.54) is 0 Å². The van der Waals surface area contributed by atoms with Crippen molar-refractivity contribution in [1.29, 1.82) is 0 Å². The molecule has 102 valence electrons. The zero-order chi connectivity index (χ0) is 14.5. The number of halogens is 2. The van der Waals surface area contributed by atoms with E-state index in [0.717, 1.165) is 0 Å². The molecule has 0 radical (unpaired) electrons. The fourth-order valence-electron chi connectivity index (χ4n) is 1.46. The molecule has 20 heavy (non-hydrogen) atoms. The van der Waals surface area contributed by atoms with Crippen LogP contribution in [0.1, 0.15) is 20.7 Å². The van der Waals surface area contributed by atoms with Gasteiger partial charge in [-0.2, -0.15) is 0 Å². The van der Waals surface area contributed by atoms with Gasteiger partial charge in [0.1, 0.15) is 0 Å². The first-order valence-corrected chi connectivity index (χ1v) is 6.43. The molecule has 2 aromatic carbocycles. The number of amides is 2. The summed E-state index contributed by atoms with van der Waals surface area (Å²) < 4.78 is 0. The molecule has 2 rings (SSSR count). The van der Waals surface area contributed by atoms with Gasteiger partial charge in [-0.15, -0.1) is 0 Å². The van der Waals surface area contributed by atoms with Crippen LogP contribution in [-0.4, -0.2) is 11.8 Å². The van der Waals surface area contributed by atoms with Crippen LogP contribution >= 0.6 is 23.2 Å². The van der Waals surface area contributed by atoms with Gasteiger partial charge in [0.2, 0.25) is 0 Å². The normalized spacial score (nSPS) is 9.90. The molecule has 0 spiro atoms. The third-order valence-electron chi connectivity index (χ3n) is 2.50. The monoisotopic (exact) mass is 308 g/mol. The molecule has 0 heterocycles. The van der Waals surface area contributed by atoms with Crippen LogP contribution in [0.15, 0.2) is 48.5 Å². The van der Waals surface area contributed by atoms with Crippen molar-refractivity contribution >= 4 is 35.0 Å². The van der Waals surface area contributed by atoms with Gasteiger partial charge in [0.25, 0.3) is 11.8 Å². The van der Waals surface area contributed by atoms with Crippen LogP contribution in [-0.2, 0) is 0 Å². The molecule has 0 aliphatic carbocycles. The smallest absolute Gasteiger partial charge is 0.267 e. The van der Waals surface area contributed by atoms with Crippen LogP contribution in [0.25, 0.3) is 0 Å².